The third kappa shape index (κ3) is 5.13. The second-order valence-electron chi connectivity index (χ2n) is 7.27. The van der Waals surface area contributed by atoms with Crippen molar-refractivity contribution in [2.24, 2.45) is 5.41 Å². The molecule has 0 unspecified atom stereocenters. The van der Waals surface area contributed by atoms with Crippen LogP contribution < -0.4 is 5.32 Å². The van der Waals surface area contributed by atoms with E-state index in [9.17, 15) is 14.7 Å². The molecule has 2 N–H and O–H groups in total. The van der Waals surface area contributed by atoms with Crippen molar-refractivity contribution in [2.75, 3.05) is 13.1 Å². The highest BCUT2D eigenvalue weighted by Gasteiger charge is 2.32. The van der Waals surface area contributed by atoms with E-state index in [-0.39, 0.29) is 40.5 Å². The van der Waals surface area contributed by atoms with Crippen molar-refractivity contribution in [1.29, 1.82) is 0 Å². The second kappa shape index (κ2) is 6.79. The summed E-state index contributed by atoms with van der Waals surface area (Å²) in [5.74, 6) is -0.0740. The summed E-state index contributed by atoms with van der Waals surface area (Å²) in [6.45, 7) is 7.49. The van der Waals surface area contributed by atoms with Crippen LogP contribution in [0.15, 0.2) is 18.2 Å². The van der Waals surface area contributed by atoms with Gasteiger partial charge in [0.1, 0.15) is 5.75 Å². The van der Waals surface area contributed by atoms with E-state index in [0.29, 0.717) is 19.5 Å². The standard InChI is InChI=1S/C17H23ClN2O3/c1-17(2,3)10-20-9-12(8-16(20)23)19-15(22)7-11-4-5-14(21)13(18)6-11/h4-6,12,21H,7-10H2,1-3H3,(H,19,22)/t12-/m0/s1. The normalized spacial score (nSPS) is 18.3. The Morgan fingerprint density at radius 3 is 2.74 bits per heavy atom. The largest absolute Gasteiger partial charge is 0.506 e. The number of carbonyl (C=O) groups excluding carboxylic acids is 2. The van der Waals surface area contributed by atoms with E-state index in [1.807, 2.05) is 4.90 Å². The van der Waals surface area contributed by atoms with Crippen LogP contribution in [-0.2, 0) is 16.0 Å². The summed E-state index contributed by atoms with van der Waals surface area (Å²) in [6.07, 6.45) is 0.516. The highest BCUT2D eigenvalue weighted by atomic mass is 35.5. The molecule has 126 valence electrons. The first-order valence-corrected chi connectivity index (χ1v) is 8.06. The first-order valence-electron chi connectivity index (χ1n) is 7.68. The maximum atomic E-state index is 12.1. The van der Waals surface area contributed by atoms with Gasteiger partial charge in [0.2, 0.25) is 11.8 Å². The predicted molar refractivity (Wildman–Crippen MR) is 89.4 cm³/mol. The van der Waals surface area contributed by atoms with Crippen LogP contribution in [0.1, 0.15) is 32.8 Å². The number of benzene rings is 1. The van der Waals surface area contributed by atoms with Crippen molar-refractivity contribution in [3.8, 4) is 5.75 Å². The number of aromatic hydroxyl groups is 1. The van der Waals surface area contributed by atoms with E-state index >= 15 is 0 Å². The zero-order chi connectivity index (χ0) is 17.2. The minimum Gasteiger partial charge on any atom is -0.506 e. The number of nitrogens with zero attached hydrogens (tertiary/aromatic N) is 1. The van der Waals surface area contributed by atoms with Gasteiger partial charge in [0, 0.05) is 19.5 Å². The molecule has 1 aromatic rings. The Morgan fingerprint density at radius 1 is 1.43 bits per heavy atom. The highest BCUT2D eigenvalue weighted by Crippen LogP contribution is 2.24. The van der Waals surface area contributed by atoms with Gasteiger partial charge in [0.05, 0.1) is 17.5 Å². The van der Waals surface area contributed by atoms with Crippen molar-refractivity contribution in [2.45, 2.75) is 39.7 Å². The smallest absolute Gasteiger partial charge is 0.224 e. The van der Waals surface area contributed by atoms with Crippen molar-refractivity contribution in [3.05, 3.63) is 28.8 Å². The molecule has 1 atom stereocenters. The van der Waals surface area contributed by atoms with Crippen molar-refractivity contribution in [3.63, 3.8) is 0 Å². The van der Waals surface area contributed by atoms with Gasteiger partial charge in [-0.25, -0.2) is 0 Å². The summed E-state index contributed by atoms with van der Waals surface area (Å²) in [5.41, 5.74) is 0.762. The molecule has 0 aromatic heterocycles. The number of hydrogen-bond donors (Lipinski definition) is 2. The van der Waals surface area contributed by atoms with E-state index in [0.717, 1.165) is 5.56 Å². The van der Waals surface area contributed by atoms with Crippen LogP contribution in [0.3, 0.4) is 0 Å². The fourth-order valence-electron chi connectivity index (χ4n) is 2.72. The lowest BCUT2D eigenvalue weighted by atomic mass is 9.96. The molecule has 1 aliphatic rings. The molecule has 0 radical (unpaired) electrons. The number of phenols is 1. The number of halogens is 1. The van der Waals surface area contributed by atoms with Gasteiger partial charge < -0.3 is 15.3 Å². The summed E-state index contributed by atoms with van der Waals surface area (Å²) in [6, 6.07) is 4.55. The molecule has 5 nitrogen and oxygen atoms in total. The minimum atomic E-state index is -0.151. The second-order valence-corrected chi connectivity index (χ2v) is 7.67. The summed E-state index contributed by atoms with van der Waals surface area (Å²) >= 11 is 5.83. The van der Waals surface area contributed by atoms with Crippen LogP contribution in [0.2, 0.25) is 5.02 Å². The summed E-state index contributed by atoms with van der Waals surface area (Å²) in [5, 5.41) is 12.5. The van der Waals surface area contributed by atoms with Crippen LogP contribution in [0.4, 0.5) is 0 Å². The van der Waals surface area contributed by atoms with E-state index in [4.69, 9.17) is 11.6 Å². The molecular formula is C17H23ClN2O3. The molecule has 1 fully saturated rings. The highest BCUT2D eigenvalue weighted by molar-refractivity contribution is 6.32. The zero-order valence-electron chi connectivity index (χ0n) is 13.7. The Kier molecular flexibility index (Phi) is 5.19. The molecular weight excluding hydrogens is 316 g/mol. The average molecular weight is 339 g/mol. The van der Waals surface area contributed by atoms with Gasteiger partial charge in [-0.15, -0.1) is 0 Å². The fourth-order valence-corrected chi connectivity index (χ4v) is 2.92. The molecule has 2 rings (SSSR count). The summed E-state index contributed by atoms with van der Waals surface area (Å²) in [4.78, 5) is 25.9. The van der Waals surface area contributed by atoms with Crippen LogP contribution in [-0.4, -0.2) is 41.0 Å². The number of nitrogens with one attached hydrogen (secondary N) is 1. The lowest BCUT2D eigenvalue weighted by molar-refractivity contribution is -0.128. The SMILES string of the molecule is CC(C)(C)CN1C[C@@H](NC(=O)Cc2ccc(O)c(Cl)c2)CC1=O. The monoisotopic (exact) mass is 338 g/mol. The van der Waals surface area contributed by atoms with Crippen molar-refractivity contribution >= 4 is 23.4 Å². The first-order chi connectivity index (χ1) is 10.6. The van der Waals surface area contributed by atoms with Gasteiger partial charge in [-0.2, -0.15) is 0 Å². The molecule has 1 heterocycles. The van der Waals surface area contributed by atoms with E-state index in [2.05, 4.69) is 26.1 Å². The van der Waals surface area contributed by atoms with Crippen LogP contribution in [0.25, 0.3) is 0 Å². The molecule has 1 saturated heterocycles. The van der Waals surface area contributed by atoms with Gasteiger partial charge >= 0.3 is 0 Å². The van der Waals surface area contributed by atoms with Gasteiger partial charge in [0.15, 0.2) is 0 Å². The topological polar surface area (TPSA) is 69.6 Å². The maximum absolute atomic E-state index is 12.1. The number of amides is 2. The maximum Gasteiger partial charge on any atom is 0.224 e. The Balaban J connectivity index is 1.88. The third-order valence-electron chi connectivity index (χ3n) is 3.62. The molecule has 0 saturated carbocycles. The average Bonchev–Trinajstić information content (AvgIpc) is 2.71. The van der Waals surface area contributed by atoms with Gasteiger partial charge in [-0.3, -0.25) is 9.59 Å². The van der Waals surface area contributed by atoms with Crippen molar-refractivity contribution in [1.82, 2.24) is 10.2 Å². The minimum absolute atomic E-state index is 0.00460. The Labute approximate surface area is 141 Å². The molecule has 0 bridgehead atoms. The molecule has 6 heteroatoms. The Morgan fingerprint density at radius 2 is 2.13 bits per heavy atom. The third-order valence-corrected chi connectivity index (χ3v) is 3.92. The Hall–Kier alpha value is -1.75. The summed E-state index contributed by atoms with van der Waals surface area (Å²) < 4.78 is 0. The van der Waals surface area contributed by atoms with Gasteiger partial charge in [-0.05, 0) is 23.1 Å². The van der Waals surface area contributed by atoms with Gasteiger partial charge in [0.25, 0.3) is 0 Å². The van der Waals surface area contributed by atoms with Gasteiger partial charge in [-0.1, -0.05) is 38.4 Å². The van der Waals surface area contributed by atoms with E-state index < -0.39 is 0 Å². The molecule has 0 aliphatic carbocycles. The number of likely N-dealkylation sites (tertiary alicyclic amines) is 1. The molecule has 2 amide bonds. The van der Waals surface area contributed by atoms with E-state index in [1.54, 1.807) is 12.1 Å². The predicted octanol–water partition coefficient (Wildman–Crippen LogP) is 2.35. The number of hydrogen-bond acceptors (Lipinski definition) is 3. The lowest BCUT2D eigenvalue weighted by Gasteiger charge is -2.26. The molecule has 0 spiro atoms. The molecule has 1 aliphatic heterocycles. The zero-order valence-corrected chi connectivity index (χ0v) is 14.5. The first kappa shape index (κ1) is 17.6. The lowest BCUT2D eigenvalue weighted by Crippen LogP contribution is -2.39. The summed E-state index contributed by atoms with van der Waals surface area (Å²) in [7, 11) is 0. The van der Waals surface area contributed by atoms with Crippen LogP contribution in [0.5, 0.6) is 5.75 Å². The van der Waals surface area contributed by atoms with Crippen LogP contribution in [0, 0.1) is 5.41 Å². The van der Waals surface area contributed by atoms with Crippen molar-refractivity contribution < 1.29 is 14.7 Å². The quantitative estimate of drug-likeness (QED) is 0.885. The number of phenolic OH excluding ortho intramolecular Hbond substituents is 1. The Bertz CT molecular complexity index is 610. The number of carbonyl (C=O) groups is 2. The van der Waals surface area contributed by atoms with E-state index in [1.165, 1.54) is 6.07 Å². The number of rotatable bonds is 4. The van der Waals surface area contributed by atoms with Crippen LogP contribution >= 0.6 is 11.6 Å². The molecule has 23 heavy (non-hydrogen) atoms. The fraction of sp³-hybridized carbons (Fsp3) is 0.529. The molecule has 1 aromatic carbocycles.